The first kappa shape index (κ1) is 26.8. The van der Waals surface area contributed by atoms with Crippen LogP contribution in [0.15, 0.2) is 23.0 Å². The molecule has 2 aromatic rings. The summed E-state index contributed by atoms with van der Waals surface area (Å²) in [5.74, 6) is -0.841. The highest BCUT2D eigenvalue weighted by atomic mass is 16.6. The summed E-state index contributed by atoms with van der Waals surface area (Å²) in [5.41, 5.74) is 0.963. The number of ether oxygens (including phenoxy) is 2. The minimum absolute atomic E-state index is 0.126. The number of hydrogen-bond acceptors (Lipinski definition) is 7. The van der Waals surface area contributed by atoms with Crippen molar-refractivity contribution in [2.45, 2.75) is 58.2 Å². The summed E-state index contributed by atoms with van der Waals surface area (Å²) in [6.45, 7) is 6.04. The van der Waals surface area contributed by atoms with Crippen molar-refractivity contribution in [2.24, 2.45) is 7.05 Å². The van der Waals surface area contributed by atoms with E-state index < -0.39 is 29.7 Å². The van der Waals surface area contributed by atoms with Gasteiger partial charge in [0.15, 0.2) is 0 Å². The Morgan fingerprint density at radius 1 is 1.19 bits per heavy atom. The maximum Gasteiger partial charge on any atom is 0.410 e. The number of carbonyl (C=O) groups is 4. The van der Waals surface area contributed by atoms with E-state index in [1.165, 1.54) is 14.0 Å². The number of aryl methyl sites for hydroxylation is 1. The van der Waals surface area contributed by atoms with Crippen molar-refractivity contribution in [3.63, 3.8) is 0 Å². The highest BCUT2D eigenvalue weighted by molar-refractivity contribution is 6.00. The highest BCUT2D eigenvalue weighted by Gasteiger charge is 2.31. The van der Waals surface area contributed by atoms with Crippen LogP contribution in [-0.2, 0) is 32.7 Å². The predicted octanol–water partition coefficient (Wildman–Crippen LogP) is 1.80. The summed E-state index contributed by atoms with van der Waals surface area (Å²) in [4.78, 5) is 62.0. The zero-order chi connectivity index (χ0) is 26.6. The average Bonchev–Trinajstić information content (AvgIpc) is 3.04. The van der Waals surface area contributed by atoms with Crippen LogP contribution in [0.25, 0.3) is 11.0 Å². The summed E-state index contributed by atoms with van der Waals surface area (Å²) < 4.78 is 13.3. The molecule has 2 N–H and O–H groups in total. The number of carbonyl (C=O) groups excluding carboxylic acids is 4. The Hall–Kier alpha value is -3.83. The fraction of sp³-hybridized carbons (Fsp3) is 0.542. The van der Waals surface area contributed by atoms with Crippen LogP contribution in [0.2, 0.25) is 0 Å². The number of imide groups is 1. The Morgan fingerprint density at radius 2 is 1.92 bits per heavy atom. The quantitative estimate of drug-likeness (QED) is 0.434. The van der Waals surface area contributed by atoms with E-state index in [-0.39, 0.29) is 37.6 Å². The fourth-order valence-corrected chi connectivity index (χ4v) is 3.87. The van der Waals surface area contributed by atoms with Crippen LogP contribution in [0.1, 0.15) is 51.6 Å². The van der Waals surface area contributed by atoms with Crippen LogP contribution in [-0.4, -0.2) is 63.8 Å². The summed E-state index contributed by atoms with van der Waals surface area (Å²) >= 11 is 0. The third-order valence-corrected chi connectivity index (χ3v) is 5.69. The van der Waals surface area contributed by atoms with Crippen LogP contribution in [0.4, 0.5) is 9.59 Å². The van der Waals surface area contributed by atoms with Crippen molar-refractivity contribution >= 4 is 35.0 Å². The maximum absolute atomic E-state index is 12.8. The predicted molar refractivity (Wildman–Crippen MR) is 130 cm³/mol. The van der Waals surface area contributed by atoms with Gasteiger partial charge in [-0.2, -0.15) is 0 Å². The fourth-order valence-electron chi connectivity index (χ4n) is 3.87. The third kappa shape index (κ3) is 6.43. The normalized spacial score (nSPS) is 16.0. The van der Waals surface area contributed by atoms with E-state index in [0.717, 1.165) is 5.56 Å². The molecule has 0 bridgehead atoms. The second kappa shape index (κ2) is 10.8. The van der Waals surface area contributed by atoms with Crippen LogP contribution in [0, 0.1) is 0 Å². The molecule has 12 nitrogen and oxygen atoms in total. The first-order chi connectivity index (χ1) is 16.9. The van der Waals surface area contributed by atoms with Gasteiger partial charge in [-0.15, -0.1) is 0 Å². The van der Waals surface area contributed by atoms with E-state index in [0.29, 0.717) is 24.0 Å². The highest BCUT2D eigenvalue weighted by Crippen LogP contribution is 2.23. The van der Waals surface area contributed by atoms with Gasteiger partial charge in [-0.05, 0) is 51.3 Å². The molecule has 0 spiro atoms. The van der Waals surface area contributed by atoms with Gasteiger partial charge in [0.05, 0.1) is 17.6 Å². The minimum Gasteiger partial charge on any atom is -0.449 e. The largest absolute Gasteiger partial charge is 0.449 e. The number of nitrogens with zero attached hydrogens (tertiary/aromatic N) is 3. The Kier molecular flexibility index (Phi) is 8.06. The molecular formula is C24H33N5O7. The molecule has 0 saturated carbocycles. The van der Waals surface area contributed by atoms with Crippen LogP contribution >= 0.6 is 0 Å². The molecule has 12 heteroatoms. The van der Waals surface area contributed by atoms with Gasteiger partial charge in [0.2, 0.25) is 11.8 Å². The number of aromatic nitrogens is 2. The molecule has 2 heterocycles. The Balaban J connectivity index is 1.53. The van der Waals surface area contributed by atoms with Gasteiger partial charge in [-0.25, -0.2) is 14.4 Å². The Bertz CT molecular complexity index is 1220. The van der Waals surface area contributed by atoms with E-state index in [1.54, 1.807) is 53.1 Å². The number of rotatable bonds is 7. The number of piperidine rings is 1. The second-order valence-electron chi connectivity index (χ2n) is 9.75. The molecule has 1 aliphatic rings. The number of fused-ring (bicyclic) bond motifs is 1. The standard InChI is InChI=1S/C24H33N5O7/c1-24(2,3)36-23(34)27(4)11-6-12-35-21(32)25-14-15-7-8-16-18(13-15)28(5)22(33)29(16)17-9-10-19(30)26-20(17)31/h7-8,13,17H,6,9-12,14H2,1-5H3,(H,25,32)(H,26,30,31). The molecular weight excluding hydrogens is 470 g/mol. The molecule has 1 aromatic carbocycles. The van der Waals surface area contributed by atoms with Gasteiger partial charge in [0, 0.05) is 33.6 Å². The SMILES string of the molecule is CN(CCCOC(=O)NCc1ccc2c(c1)n(C)c(=O)n2C1CCC(=O)NC1=O)C(=O)OC(C)(C)C. The Labute approximate surface area is 208 Å². The maximum atomic E-state index is 12.8. The number of hydrogen-bond donors (Lipinski definition) is 2. The van der Waals surface area contributed by atoms with Crippen LogP contribution in [0.3, 0.4) is 0 Å². The molecule has 1 fully saturated rings. The average molecular weight is 504 g/mol. The molecule has 196 valence electrons. The first-order valence-electron chi connectivity index (χ1n) is 11.8. The Morgan fingerprint density at radius 3 is 2.58 bits per heavy atom. The second-order valence-corrected chi connectivity index (χ2v) is 9.75. The van der Waals surface area contributed by atoms with Gasteiger partial charge in [-0.3, -0.25) is 24.0 Å². The number of nitrogens with one attached hydrogen (secondary N) is 2. The van der Waals surface area contributed by atoms with Crippen LogP contribution < -0.4 is 16.3 Å². The number of imidazole rings is 1. The number of amides is 4. The van der Waals surface area contributed by atoms with E-state index in [1.807, 2.05) is 0 Å². The first-order valence-corrected chi connectivity index (χ1v) is 11.8. The molecule has 1 atom stereocenters. The van der Waals surface area contributed by atoms with Gasteiger partial charge in [-0.1, -0.05) is 6.07 Å². The molecule has 3 rings (SSSR count). The lowest BCUT2D eigenvalue weighted by molar-refractivity contribution is -0.135. The third-order valence-electron chi connectivity index (χ3n) is 5.69. The molecule has 36 heavy (non-hydrogen) atoms. The lowest BCUT2D eigenvalue weighted by Crippen LogP contribution is -2.44. The van der Waals surface area contributed by atoms with E-state index >= 15 is 0 Å². The molecule has 1 aliphatic heterocycles. The zero-order valence-corrected chi connectivity index (χ0v) is 21.3. The zero-order valence-electron chi connectivity index (χ0n) is 21.3. The summed E-state index contributed by atoms with van der Waals surface area (Å²) in [5, 5.41) is 4.94. The number of benzene rings is 1. The summed E-state index contributed by atoms with van der Waals surface area (Å²) in [6.07, 6.45) is -0.175. The van der Waals surface area contributed by atoms with Gasteiger partial charge >= 0.3 is 17.9 Å². The van der Waals surface area contributed by atoms with Crippen molar-refractivity contribution in [1.82, 2.24) is 24.7 Å². The minimum atomic E-state index is -0.757. The molecule has 1 saturated heterocycles. The van der Waals surface area contributed by atoms with E-state index in [9.17, 15) is 24.0 Å². The smallest absolute Gasteiger partial charge is 0.410 e. The van der Waals surface area contributed by atoms with Gasteiger partial charge < -0.3 is 19.7 Å². The molecule has 1 unspecified atom stereocenters. The van der Waals surface area contributed by atoms with Gasteiger partial charge in [0.25, 0.3) is 0 Å². The van der Waals surface area contributed by atoms with Crippen LogP contribution in [0.5, 0.6) is 0 Å². The van der Waals surface area contributed by atoms with Gasteiger partial charge in [0.1, 0.15) is 11.6 Å². The number of alkyl carbamates (subject to hydrolysis) is 1. The summed E-state index contributed by atoms with van der Waals surface area (Å²) in [6, 6.07) is 4.47. The molecule has 4 amide bonds. The van der Waals surface area contributed by atoms with Crippen molar-refractivity contribution in [3.05, 3.63) is 34.2 Å². The van der Waals surface area contributed by atoms with Crippen molar-refractivity contribution in [3.8, 4) is 0 Å². The van der Waals surface area contributed by atoms with Crippen molar-refractivity contribution < 1.29 is 28.7 Å². The molecule has 1 aromatic heterocycles. The van der Waals surface area contributed by atoms with E-state index in [4.69, 9.17) is 9.47 Å². The monoisotopic (exact) mass is 503 g/mol. The lowest BCUT2D eigenvalue weighted by Gasteiger charge is -2.24. The van der Waals surface area contributed by atoms with E-state index in [2.05, 4.69) is 10.6 Å². The van der Waals surface area contributed by atoms with Crippen molar-refractivity contribution in [1.29, 1.82) is 0 Å². The summed E-state index contributed by atoms with van der Waals surface area (Å²) in [7, 11) is 3.22. The molecule has 0 aliphatic carbocycles. The topological polar surface area (TPSA) is 141 Å². The molecule has 0 radical (unpaired) electrons. The lowest BCUT2D eigenvalue weighted by atomic mass is 10.1. The van der Waals surface area contributed by atoms with Crippen molar-refractivity contribution in [2.75, 3.05) is 20.2 Å².